The largest absolute Gasteiger partial charge is 0.369 e. The number of amides is 2. The molecule has 1 aromatic rings. The molecule has 2 amide bonds. The number of carbonyl (C=O) groups excluding carboxylic acids is 1. The summed E-state index contributed by atoms with van der Waals surface area (Å²) in [5.74, 6) is 0. The van der Waals surface area contributed by atoms with E-state index in [4.69, 9.17) is 11.6 Å². The standard InChI is InChI=1S/C15H17ClN4O/c16-13-3-1-2-11(10-17)14(13)19-7-4-12(5-8-19)20-9-6-18-15(20)21/h1-3,12H,4-9H2,(H,18,21). The molecule has 6 heteroatoms. The van der Waals surface area contributed by atoms with E-state index in [1.807, 2.05) is 11.0 Å². The number of carbonyl (C=O) groups is 1. The van der Waals surface area contributed by atoms with Gasteiger partial charge in [-0.15, -0.1) is 0 Å². The molecule has 1 aromatic carbocycles. The Morgan fingerprint density at radius 2 is 2.05 bits per heavy atom. The molecule has 2 fully saturated rings. The van der Waals surface area contributed by atoms with E-state index in [9.17, 15) is 10.1 Å². The predicted molar refractivity (Wildman–Crippen MR) is 81.5 cm³/mol. The molecule has 2 heterocycles. The molecule has 2 aliphatic heterocycles. The molecule has 3 rings (SSSR count). The van der Waals surface area contributed by atoms with Gasteiger partial charge >= 0.3 is 6.03 Å². The lowest BCUT2D eigenvalue weighted by Gasteiger charge is -2.37. The van der Waals surface area contributed by atoms with E-state index in [-0.39, 0.29) is 12.1 Å². The SMILES string of the molecule is N#Cc1cccc(Cl)c1N1CCC(N2CCNC2=O)CC1. The average Bonchev–Trinajstić information content (AvgIpc) is 2.93. The second kappa shape index (κ2) is 5.82. The maximum Gasteiger partial charge on any atom is 0.317 e. The first-order chi connectivity index (χ1) is 10.2. The number of rotatable bonds is 2. The zero-order valence-electron chi connectivity index (χ0n) is 11.7. The molecule has 2 aliphatic rings. The Morgan fingerprint density at radius 3 is 2.67 bits per heavy atom. The fourth-order valence-corrected chi connectivity index (χ4v) is 3.46. The van der Waals surface area contributed by atoms with Crippen LogP contribution in [-0.4, -0.2) is 43.2 Å². The van der Waals surface area contributed by atoms with Gasteiger partial charge in [0.05, 0.1) is 16.3 Å². The van der Waals surface area contributed by atoms with Crippen LogP contribution in [0.4, 0.5) is 10.5 Å². The van der Waals surface area contributed by atoms with Crippen LogP contribution >= 0.6 is 11.6 Å². The highest BCUT2D eigenvalue weighted by Crippen LogP contribution is 2.32. The van der Waals surface area contributed by atoms with Crippen molar-refractivity contribution in [3.05, 3.63) is 28.8 Å². The second-order valence-electron chi connectivity index (χ2n) is 5.39. The maximum atomic E-state index is 11.7. The molecule has 2 saturated heterocycles. The number of nitrogens with one attached hydrogen (secondary N) is 1. The number of para-hydroxylation sites is 1. The van der Waals surface area contributed by atoms with Crippen LogP contribution in [0, 0.1) is 11.3 Å². The van der Waals surface area contributed by atoms with Crippen LogP contribution in [0.3, 0.4) is 0 Å². The lowest BCUT2D eigenvalue weighted by Crippen LogP contribution is -2.46. The van der Waals surface area contributed by atoms with Gasteiger partial charge in [0, 0.05) is 32.2 Å². The molecule has 21 heavy (non-hydrogen) atoms. The smallest absolute Gasteiger partial charge is 0.317 e. The van der Waals surface area contributed by atoms with Gasteiger partial charge in [-0.1, -0.05) is 17.7 Å². The minimum atomic E-state index is 0.0453. The van der Waals surface area contributed by atoms with Crippen LogP contribution < -0.4 is 10.2 Å². The van der Waals surface area contributed by atoms with E-state index in [0.717, 1.165) is 44.7 Å². The highest BCUT2D eigenvalue weighted by molar-refractivity contribution is 6.33. The lowest BCUT2D eigenvalue weighted by atomic mass is 10.0. The number of nitriles is 1. The highest BCUT2D eigenvalue weighted by atomic mass is 35.5. The van der Waals surface area contributed by atoms with E-state index in [1.54, 1.807) is 12.1 Å². The number of benzene rings is 1. The number of hydrogen-bond acceptors (Lipinski definition) is 3. The van der Waals surface area contributed by atoms with Crippen molar-refractivity contribution in [3.8, 4) is 6.07 Å². The van der Waals surface area contributed by atoms with Crippen LogP contribution in [0.5, 0.6) is 0 Å². The van der Waals surface area contributed by atoms with Gasteiger partial charge < -0.3 is 15.1 Å². The van der Waals surface area contributed by atoms with E-state index >= 15 is 0 Å². The Bertz CT molecular complexity index is 590. The third kappa shape index (κ3) is 2.64. The van der Waals surface area contributed by atoms with Crippen LogP contribution in [0.15, 0.2) is 18.2 Å². The molecule has 0 aromatic heterocycles. The Kier molecular flexibility index (Phi) is 3.89. The van der Waals surface area contributed by atoms with Crippen molar-refractivity contribution < 1.29 is 4.79 Å². The number of urea groups is 1. The van der Waals surface area contributed by atoms with Gasteiger partial charge in [-0.3, -0.25) is 0 Å². The molecule has 1 N–H and O–H groups in total. The summed E-state index contributed by atoms with van der Waals surface area (Å²) in [6.07, 6.45) is 1.81. The average molecular weight is 305 g/mol. The normalized spacial score (nSPS) is 19.5. The predicted octanol–water partition coefficient (Wildman–Crippen LogP) is 2.21. The molecule has 5 nitrogen and oxygen atoms in total. The summed E-state index contributed by atoms with van der Waals surface area (Å²) in [7, 11) is 0. The Labute approximate surface area is 129 Å². The summed E-state index contributed by atoms with van der Waals surface area (Å²) in [6.45, 7) is 3.15. The first-order valence-corrected chi connectivity index (χ1v) is 7.56. The van der Waals surface area contributed by atoms with Gasteiger partial charge in [-0.25, -0.2) is 4.79 Å². The molecule has 0 spiro atoms. The number of hydrogen-bond donors (Lipinski definition) is 1. The third-order valence-electron chi connectivity index (χ3n) is 4.22. The van der Waals surface area contributed by atoms with Gasteiger partial charge in [0.25, 0.3) is 0 Å². The zero-order valence-corrected chi connectivity index (χ0v) is 12.4. The zero-order chi connectivity index (χ0) is 14.8. The van der Waals surface area contributed by atoms with Crippen molar-refractivity contribution >= 4 is 23.3 Å². The molecule has 0 atom stereocenters. The fourth-order valence-electron chi connectivity index (χ4n) is 3.16. The van der Waals surface area contributed by atoms with Crippen molar-refractivity contribution in [2.45, 2.75) is 18.9 Å². The topological polar surface area (TPSA) is 59.4 Å². The van der Waals surface area contributed by atoms with E-state index in [0.29, 0.717) is 10.6 Å². The summed E-state index contributed by atoms with van der Waals surface area (Å²) >= 11 is 6.26. The molecule has 0 bridgehead atoms. The quantitative estimate of drug-likeness (QED) is 0.911. The molecule has 0 aliphatic carbocycles. The van der Waals surface area contributed by atoms with Crippen molar-refractivity contribution in [1.29, 1.82) is 5.26 Å². The number of nitrogens with zero attached hydrogens (tertiary/aromatic N) is 3. The van der Waals surface area contributed by atoms with Gasteiger partial charge in [-0.05, 0) is 25.0 Å². The molecule has 0 saturated carbocycles. The van der Waals surface area contributed by atoms with Gasteiger partial charge in [-0.2, -0.15) is 5.26 Å². The van der Waals surface area contributed by atoms with Crippen molar-refractivity contribution in [2.75, 3.05) is 31.1 Å². The highest BCUT2D eigenvalue weighted by Gasteiger charge is 2.31. The monoisotopic (exact) mass is 304 g/mol. The van der Waals surface area contributed by atoms with Crippen LogP contribution in [0.25, 0.3) is 0 Å². The van der Waals surface area contributed by atoms with E-state index in [1.165, 1.54) is 0 Å². The maximum absolute atomic E-state index is 11.7. The molecular weight excluding hydrogens is 288 g/mol. The number of halogens is 1. The lowest BCUT2D eigenvalue weighted by molar-refractivity contribution is 0.186. The Balaban J connectivity index is 1.72. The second-order valence-corrected chi connectivity index (χ2v) is 5.80. The van der Waals surface area contributed by atoms with E-state index < -0.39 is 0 Å². The fraction of sp³-hybridized carbons (Fsp3) is 0.467. The van der Waals surface area contributed by atoms with Crippen molar-refractivity contribution in [2.24, 2.45) is 0 Å². The van der Waals surface area contributed by atoms with Crippen LogP contribution in [-0.2, 0) is 0 Å². The Hall–Kier alpha value is -1.93. The molecule has 0 unspecified atom stereocenters. The molecular formula is C15H17ClN4O. The third-order valence-corrected chi connectivity index (χ3v) is 4.52. The van der Waals surface area contributed by atoms with Gasteiger partial charge in [0.2, 0.25) is 0 Å². The number of anilines is 1. The van der Waals surface area contributed by atoms with E-state index in [2.05, 4.69) is 16.3 Å². The summed E-state index contributed by atoms with van der Waals surface area (Å²) in [4.78, 5) is 15.8. The summed E-state index contributed by atoms with van der Waals surface area (Å²) in [5, 5.41) is 12.7. The van der Waals surface area contributed by atoms with Gasteiger partial charge in [0.1, 0.15) is 6.07 Å². The van der Waals surface area contributed by atoms with Crippen molar-refractivity contribution in [3.63, 3.8) is 0 Å². The van der Waals surface area contributed by atoms with Crippen molar-refractivity contribution in [1.82, 2.24) is 10.2 Å². The van der Waals surface area contributed by atoms with Gasteiger partial charge in [0.15, 0.2) is 0 Å². The number of piperidine rings is 1. The first kappa shape index (κ1) is 14.0. The van der Waals surface area contributed by atoms with Crippen LogP contribution in [0.1, 0.15) is 18.4 Å². The van der Waals surface area contributed by atoms with Crippen LogP contribution in [0.2, 0.25) is 5.02 Å². The molecule has 110 valence electrons. The minimum Gasteiger partial charge on any atom is -0.369 e. The Morgan fingerprint density at radius 1 is 1.29 bits per heavy atom. The first-order valence-electron chi connectivity index (χ1n) is 7.18. The summed E-state index contributed by atoms with van der Waals surface area (Å²) in [6, 6.07) is 7.95. The summed E-state index contributed by atoms with van der Waals surface area (Å²) < 4.78 is 0. The summed E-state index contributed by atoms with van der Waals surface area (Å²) in [5.41, 5.74) is 1.44. The molecule has 0 radical (unpaired) electrons. The minimum absolute atomic E-state index is 0.0453.